The summed E-state index contributed by atoms with van der Waals surface area (Å²) < 4.78 is 0.889. The van der Waals surface area contributed by atoms with Crippen LogP contribution in [0.3, 0.4) is 0 Å². The molecule has 0 aliphatic heterocycles. The minimum atomic E-state index is -0.321. The summed E-state index contributed by atoms with van der Waals surface area (Å²) in [5.74, 6) is 0. The van der Waals surface area contributed by atoms with Gasteiger partial charge in [-0.25, -0.2) is 0 Å². The number of halogens is 1. The largest absolute Gasteiger partial charge is 0.393 e. The maximum absolute atomic E-state index is 9.09. The molecule has 2 N–H and O–H groups in total. The van der Waals surface area contributed by atoms with E-state index in [2.05, 4.69) is 27.3 Å². The highest BCUT2D eigenvalue weighted by atomic mass is 79.9. The minimum absolute atomic E-state index is 0.321. The van der Waals surface area contributed by atoms with Gasteiger partial charge in [-0.1, -0.05) is 15.9 Å². The fraction of sp³-hybridized carbons (Fsp3) is 0.364. The third kappa shape index (κ3) is 3.90. The van der Waals surface area contributed by atoms with Gasteiger partial charge in [0, 0.05) is 11.0 Å². The van der Waals surface area contributed by atoms with E-state index in [0.717, 1.165) is 10.2 Å². The Balaban J connectivity index is 2.65. The van der Waals surface area contributed by atoms with Crippen molar-refractivity contribution in [2.24, 2.45) is 0 Å². The Hall–Kier alpha value is -1.05. The van der Waals surface area contributed by atoms with E-state index >= 15 is 0 Å². The summed E-state index contributed by atoms with van der Waals surface area (Å²) in [7, 11) is 0. The van der Waals surface area contributed by atoms with Gasteiger partial charge in [-0.3, -0.25) is 0 Å². The molecule has 0 saturated heterocycles. The Morgan fingerprint density at radius 3 is 2.93 bits per heavy atom. The van der Waals surface area contributed by atoms with Crippen LogP contribution in [0.2, 0.25) is 0 Å². The fourth-order valence-electron chi connectivity index (χ4n) is 1.18. The summed E-state index contributed by atoms with van der Waals surface area (Å²) in [5.41, 5.74) is 1.41. The Kier molecular flexibility index (Phi) is 4.60. The molecule has 80 valence electrons. The van der Waals surface area contributed by atoms with Crippen molar-refractivity contribution in [1.82, 2.24) is 0 Å². The van der Waals surface area contributed by atoms with Crippen LogP contribution in [-0.4, -0.2) is 17.8 Å². The average molecular weight is 269 g/mol. The zero-order valence-electron chi connectivity index (χ0n) is 8.50. The molecule has 0 heterocycles. The molecule has 0 spiro atoms. The third-order valence-electron chi connectivity index (χ3n) is 1.98. The molecular formula is C11H13BrN2O. The number of anilines is 1. The molecule has 1 atom stereocenters. The summed E-state index contributed by atoms with van der Waals surface area (Å²) in [5, 5.41) is 21.1. The first-order chi connectivity index (χ1) is 7.13. The van der Waals surface area contributed by atoms with Crippen LogP contribution in [0.15, 0.2) is 22.7 Å². The van der Waals surface area contributed by atoms with Crippen molar-refractivity contribution in [2.75, 3.05) is 11.9 Å². The van der Waals surface area contributed by atoms with E-state index in [1.807, 2.05) is 12.1 Å². The maximum Gasteiger partial charge on any atom is 0.101 e. The van der Waals surface area contributed by atoms with Crippen molar-refractivity contribution in [3.8, 4) is 6.07 Å². The molecule has 1 aromatic carbocycles. The van der Waals surface area contributed by atoms with Crippen LogP contribution in [0, 0.1) is 11.3 Å². The molecule has 0 unspecified atom stereocenters. The van der Waals surface area contributed by atoms with Gasteiger partial charge in [0.05, 0.1) is 17.4 Å². The number of nitrogens with zero attached hydrogens (tertiary/aromatic N) is 1. The average Bonchev–Trinajstić information content (AvgIpc) is 2.19. The smallest absolute Gasteiger partial charge is 0.101 e. The molecule has 0 saturated carbocycles. The zero-order valence-corrected chi connectivity index (χ0v) is 10.1. The Labute approximate surface area is 97.9 Å². The van der Waals surface area contributed by atoms with E-state index in [1.54, 1.807) is 13.0 Å². The molecule has 1 aromatic rings. The van der Waals surface area contributed by atoms with Gasteiger partial charge in [0.1, 0.15) is 6.07 Å². The van der Waals surface area contributed by atoms with Crippen LogP contribution < -0.4 is 5.32 Å². The standard InChI is InChI=1S/C11H13BrN2O/c1-8(15)4-5-14-11-3-2-10(12)6-9(11)7-13/h2-3,6,8,14-15H,4-5H2,1H3/t8-/m1/s1. The number of aliphatic hydroxyl groups is 1. The summed E-state index contributed by atoms with van der Waals surface area (Å²) in [6.07, 6.45) is 0.347. The number of aliphatic hydroxyl groups excluding tert-OH is 1. The predicted molar refractivity (Wildman–Crippen MR) is 63.6 cm³/mol. The van der Waals surface area contributed by atoms with Crippen molar-refractivity contribution in [3.05, 3.63) is 28.2 Å². The maximum atomic E-state index is 9.09. The molecule has 0 aliphatic rings. The van der Waals surface area contributed by atoms with Crippen LogP contribution in [0.1, 0.15) is 18.9 Å². The van der Waals surface area contributed by atoms with Gasteiger partial charge in [-0.05, 0) is 31.5 Å². The molecule has 0 aliphatic carbocycles. The van der Waals surface area contributed by atoms with Gasteiger partial charge in [-0.15, -0.1) is 0 Å². The number of hydrogen-bond acceptors (Lipinski definition) is 3. The van der Waals surface area contributed by atoms with E-state index < -0.39 is 0 Å². The lowest BCUT2D eigenvalue weighted by Gasteiger charge is -2.09. The minimum Gasteiger partial charge on any atom is -0.393 e. The molecule has 0 radical (unpaired) electrons. The molecule has 0 fully saturated rings. The highest BCUT2D eigenvalue weighted by Gasteiger charge is 2.02. The van der Waals surface area contributed by atoms with Crippen molar-refractivity contribution in [1.29, 1.82) is 5.26 Å². The van der Waals surface area contributed by atoms with Gasteiger partial charge in [0.2, 0.25) is 0 Å². The van der Waals surface area contributed by atoms with E-state index in [1.165, 1.54) is 0 Å². The molecule has 4 heteroatoms. The Bertz CT molecular complexity index is 371. The highest BCUT2D eigenvalue weighted by molar-refractivity contribution is 9.10. The van der Waals surface area contributed by atoms with E-state index in [9.17, 15) is 0 Å². The lowest BCUT2D eigenvalue weighted by molar-refractivity contribution is 0.189. The normalized spacial score (nSPS) is 11.9. The molecule has 1 rings (SSSR count). The molecule has 0 bridgehead atoms. The van der Waals surface area contributed by atoms with E-state index in [4.69, 9.17) is 10.4 Å². The number of hydrogen-bond donors (Lipinski definition) is 2. The first kappa shape index (κ1) is 12.0. The SMILES string of the molecule is C[C@@H](O)CCNc1ccc(Br)cc1C#N. The van der Waals surface area contributed by atoms with Gasteiger partial charge < -0.3 is 10.4 Å². The molecule has 0 aromatic heterocycles. The van der Waals surface area contributed by atoms with Gasteiger partial charge in [0.15, 0.2) is 0 Å². The second-order valence-electron chi connectivity index (χ2n) is 3.37. The van der Waals surface area contributed by atoms with Crippen molar-refractivity contribution >= 4 is 21.6 Å². The Morgan fingerprint density at radius 2 is 2.33 bits per heavy atom. The second kappa shape index (κ2) is 5.74. The molecule has 3 nitrogen and oxygen atoms in total. The monoisotopic (exact) mass is 268 g/mol. The number of rotatable bonds is 4. The van der Waals surface area contributed by atoms with E-state index in [-0.39, 0.29) is 6.10 Å². The Morgan fingerprint density at radius 1 is 1.60 bits per heavy atom. The lowest BCUT2D eigenvalue weighted by Crippen LogP contribution is -2.10. The molecule has 15 heavy (non-hydrogen) atoms. The third-order valence-corrected chi connectivity index (χ3v) is 2.47. The van der Waals surface area contributed by atoms with Crippen molar-refractivity contribution in [3.63, 3.8) is 0 Å². The van der Waals surface area contributed by atoms with Crippen LogP contribution in [0.25, 0.3) is 0 Å². The lowest BCUT2D eigenvalue weighted by atomic mass is 10.2. The zero-order chi connectivity index (χ0) is 11.3. The second-order valence-corrected chi connectivity index (χ2v) is 4.28. The van der Waals surface area contributed by atoms with Gasteiger partial charge in [-0.2, -0.15) is 5.26 Å². The summed E-state index contributed by atoms with van der Waals surface area (Å²) >= 11 is 3.31. The van der Waals surface area contributed by atoms with E-state index in [0.29, 0.717) is 18.5 Å². The number of nitriles is 1. The first-order valence-corrected chi connectivity index (χ1v) is 5.54. The van der Waals surface area contributed by atoms with Crippen molar-refractivity contribution in [2.45, 2.75) is 19.4 Å². The highest BCUT2D eigenvalue weighted by Crippen LogP contribution is 2.20. The summed E-state index contributed by atoms with van der Waals surface area (Å²) in [4.78, 5) is 0. The summed E-state index contributed by atoms with van der Waals surface area (Å²) in [6.45, 7) is 2.41. The van der Waals surface area contributed by atoms with Crippen molar-refractivity contribution < 1.29 is 5.11 Å². The first-order valence-electron chi connectivity index (χ1n) is 4.75. The number of nitrogens with one attached hydrogen (secondary N) is 1. The fourth-order valence-corrected chi connectivity index (χ4v) is 1.54. The van der Waals surface area contributed by atoms with Crippen LogP contribution in [0.4, 0.5) is 5.69 Å². The van der Waals surface area contributed by atoms with Gasteiger partial charge >= 0.3 is 0 Å². The molecule has 0 amide bonds. The summed E-state index contributed by atoms with van der Waals surface area (Å²) in [6, 6.07) is 7.62. The van der Waals surface area contributed by atoms with Crippen LogP contribution >= 0.6 is 15.9 Å². The van der Waals surface area contributed by atoms with Crippen LogP contribution in [0.5, 0.6) is 0 Å². The molecular weight excluding hydrogens is 256 g/mol. The van der Waals surface area contributed by atoms with Gasteiger partial charge in [0.25, 0.3) is 0 Å². The topological polar surface area (TPSA) is 56.0 Å². The predicted octanol–water partition coefficient (Wildman–Crippen LogP) is 2.50. The van der Waals surface area contributed by atoms with Crippen LogP contribution in [-0.2, 0) is 0 Å². The quantitative estimate of drug-likeness (QED) is 0.883. The number of benzene rings is 1.